The highest BCUT2D eigenvalue weighted by Gasteiger charge is 2.34. The van der Waals surface area contributed by atoms with Crippen molar-refractivity contribution in [3.63, 3.8) is 0 Å². The predicted octanol–water partition coefficient (Wildman–Crippen LogP) is 2.31. The highest BCUT2D eigenvalue weighted by Crippen LogP contribution is 2.33. The number of hydrogen-bond acceptors (Lipinski definition) is 6. The highest BCUT2D eigenvalue weighted by molar-refractivity contribution is 6.03. The van der Waals surface area contributed by atoms with Gasteiger partial charge in [0.2, 0.25) is 5.88 Å². The van der Waals surface area contributed by atoms with Crippen molar-refractivity contribution >= 4 is 11.8 Å². The molecule has 0 amide bonds. The number of hydrogen-bond donors (Lipinski definition) is 0. The van der Waals surface area contributed by atoms with E-state index < -0.39 is 11.9 Å². The highest BCUT2D eigenvalue weighted by atomic mass is 16.5. The van der Waals surface area contributed by atoms with Crippen LogP contribution in [0, 0.1) is 0 Å². The first-order chi connectivity index (χ1) is 11.6. The van der Waals surface area contributed by atoms with E-state index in [1.54, 1.807) is 6.92 Å². The topological polar surface area (TPSA) is 78.4 Å². The van der Waals surface area contributed by atoms with Crippen LogP contribution < -0.4 is 4.74 Å². The van der Waals surface area contributed by atoms with E-state index in [-0.39, 0.29) is 12.4 Å². The molecule has 1 atom stereocenters. The van der Waals surface area contributed by atoms with E-state index in [1.165, 1.54) is 6.92 Å². The second-order valence-electron chi connectivity index (χ2n) is 5.48. The molecule has 0 saturated heterocycles. The molecule has 0 aliphatic carbocycles. The van der Waals surface area contributed by atoms with Crippen molar-refractivity contribution in [2.24, 2.45) is 0 Å². The normalized spacial score (nSPS) is 13.8. The number of nitrogens with zero attached hydrogens (tertiary/aromatic N) is 2. The Morgan fingerprint density at radius 1 is 1.25 bits per heavy atom. The Balaban J connectivity index is 2.14. The number of aromatic nitrogens is 2. The van der Waals surface area contributed by atoms with Gasteiger partial charge >= 0.3 is 5.97 Å². The van der Waals surface area contributed by atoms with Crippen LogP contribution in [0.5, 0.6) is 5.88 Å². The standard InChI is InChI=1S/C18H18N2O4/c1-3-23-18(22)14(11(2)21)15-13-9-10-24-17(13)20-16(19-15)12-7-5-4-6-8-12/h4-8,14H,3,9-10H2,1-2H3. The number of benzene rings is 1. The molecule has 0 saturated carbocycles. The summed E-state index contributed by atoms with van der Waals surface area (Å²) in [5.74, 6) is -1.07. The van der Waals surface area contributed by atoms with Gasteiger partial charge in [-0.25, -0.2) is 4.98 Å². The number of rotatable bonds is 5. The first-order valence-corrected chi connectivity index (χ1v) is 7.88. The molecular formula is C18H18N2O4. The van der Waals surface area contributed by atoms with E-state index >= 15 is 0 Å². The summed E-state index contributed by atoms with van der Waals surface area (Å²) in [7, 11) is 0. The van der Waals surface area contributed by atoms with Crippen molar-refractivity contribution in [2.45, 2.75) is 26.2 Å². The molecular weight excluding hydrogens is 308 g/mol. The van der Waals surface area contributed by atoms with E-state index in [4.69, 9.17) is 9.47 Å². The molecule has 0 bridgehead atoms. The largest absolute Gasteiger partial charge is 0.477 e. The Morgan fingerprint density at radius 3 is 2.67 bits per heavy atom. The summed E-state index contributed by atoms with van der Waals surface area (Å²) in [4.78, 5) is 33.4. The van der Waals surface area contributed by atoms with Crippen molar-refractivity contribution in [3.05, 3.63) is 41.6 Å². The third-order valence-electron chi connectivity index (χ3n) is 3.83. The van der Waals surface area contributed by atoms with Gasteiger partial charge in [0.1, 0.15) is 5.78 Å². The second kappa shape index (κ2) is 6.78. The van der Waals surface area contributed by atoms with Gasteiger partial charge in [0.15, 0.2) is 11.7 Å². The third-order valence-corrected chi connectivity index (χ3v) is 3.83. The zero-order chi connectivity index (χ0) is 17.1. The summed E-state index contributed by atoms with van der Waals surface area (Å²) in [6.45, 7) is 3.74. The van der Waals surface area contributed by atoms with Gasteiger partial charge in [-0.3, -0.25) is 9.59 Å². The number of Topliss-reactive ketones (excluding diaryl/α,β-unsaturated/α-hetero) is 1. The van der Waals surface area contributed by atoms with E-state index in [0.29, 0.717) is 36.0 Å². The minimum absolute atomic E-state index is 0.206. The fourth-order valence-electron chi connectivity index (χ4n) is 2.73. The first-order valence-electron chi connectivity index (χ1n) is 7.88. The Bertz CT molecular complexity index is 774. The smallest absolute Gasteiger partial charge is 0.322 e. The van der Waals surface area contributed by atoms with Crippen LogP contribution >= 0.6 is 0 Å². The molecule has 1 aliphatic rings. The summed E-state index contributed by atoms with van der Waals surface area (Å²) >= 11 is 0. The van der Waals surface area contributed by atoms with E-state index in [1.807, 2.05) is 30.3 Å². The van der Waals surface area contributed by atoms with E-state index in [0.717, 1.165) is 5.56 Å². The van der Waals surface area contributed by atoms with Gasteiger partial charge in [0, 0.05) is 17.5 Å². The maximum absolute atomic E-state index is 12.3. The molecule has 2 heterocycles. The zero-order valence-corrected chi connectivity index (χ0v) is 13.6. The minimum atomic E-state index is -1.05. The molecule has 6 heteroatoms. The monoisotopic (exact) mass is 326 g/mol. The van der Waals surface area contributed by atoms with Gasteiger partial charge in [0.05, 0.1) is 18.9 Å². The molecule has 0 fully saturated rings. The molecule has 1 aliphatic heterocycles. The Labute approximate surface area is 139 Å². The molecule has 0 N–H and O–H groups in total. The quantitative estimate of drug-likeness (QED) is 0.620. The summed E-state index contributed by atoms with van der Waals surface area (Å²) in [6.07, 6.45) is 0.572. The van der Waals surface area contributed by atoms with Crippen LogP contribution in [0.4, 0.5) is 0 Å². The van der Waals surface area contributed by atoms with Crippen LogP contribution in [-0.2, 0) is 20.7 Å². The molecule has 124 valence electrons. The lowest BCUT2D eigenvalue weighted by Crippen LogP contribution is -2.25. The molecule has 0 radical (unpaired) electrons. The van der Waals surface area contributed by atoms with Crippen LogP contribution in [0.25, 0.3) is 11.4 Å². The van der Waals surface area contributed by atoms with Crippen molar-refractivity contribution in [3.8, 4) is 17.3 Å². The Kier molecular flexibility index (Phi) is 4.55. The summed E-state index contributed by atoms with van der Waals surface area (Å²) < 4.78 is 10.6. The van der Waals surface area contributed by atoms with Gasteiger partial charge in [-0.1, -0.05) is 30.3 Å². The molecule has 0 spiro atoms. The molecule has 2 aromatic rings. The molecule has 1 aromatic heterocycles. The maximum Gasteiger partial charge on any atom is 0.322 e. The molecule has 1 unspecified atom stereocenters. The zero-order valence-electron chi connectivity index (χ0n) is 13.6. The van der Waals surface area contributed by atoms with Gasteiger partial charge in [-0.2, -0.15) is 4.98 Å². The van der Waals surface area contributed by atoms with Crippen molar-refractivity contribution < 1.29 is 19.1 Å². The van der Waals surface area contributed by atoms with Gasteiger partial charge in [-0.05, 0) is 13.8 Å². The SMILES string of the molecule is CCOC(=O)C(C(C)=O)c1nc(-c2ccccc2)nc2c1CCO2. The van der Waals surface area contributed by atoms with Crippen LogP contribution in [0.2, 0.25) is 0 Å². The lowest BCUT2D eigenvalue weighted by molar-refractivity contribution is -0.147. The minimum Gasteiger partial charge on any atom is -0.477 e. The molecule has 1 aromatic carbocycles. The number of ether oxygens (including phenoxy) is 2. The van der Waals surface area contributed by atoms with E-state index in [2.05, 4.69) is 9.97 Å². The number of ketones is 1. The maximum atomic E-state index is 12.3. The lowest BCUT2D eigenvalue weighted by atomic mass is 9.96. The van der Waals surface area contributed by atoms with Gasteiger partial charge in [-0.15, -0.1) is 0 Å². The number of esters is 1. The average molecular weight is 326 g/mol. The van der Waals surface area contributed by atoms with Gasteiger partial charge < -0.3 is 9.47 Å². The van der Waals surface area contributed by atoms with Crippen molar-refractivity contribution in [2.75, 3.05) is 13.2 Å². The Morgan fingerprint density at radius 2 is 2.00 bits per heavy atom. The summed E-state index contributed by atoms with van der Waals surface area (Å²) in [5, 5.41) is 0. The number of carbonyl (C=O) groups is 2. The van der Waals surface area contributed by atoms with Gasteiger partial charge in [0.25, 0.3) is 0 Å². The lowest BCUT2D eigenvalue weighted by Gasteiger charge is -2.15. The van der Waals surface area contributed by atoms with Crippen molar-refractivity contribution in [1.82, 2.24) is 9.97 Å². The summed E-state index contributed by atoms with van der Waals surface area (Å²) in [5.41, 5.74) is 1.90. The molecule has 24 heavy (non-hydrogen) atoms. The average Bonchev–Trinajstić information content (AvgIpc) is 3.04. The third kappa shape index (κ3) is 2.99. The predicted molar refractivity (Wildman–Crippen MR) is 86.7 cm³/mol. The van der Waals surface area contributed by atoms with E-state index in [9.17, 15) is 9.59 Å². The number of fused-ring (bicyclic) bond motifs is 1. The fourth-order valence-corrected chi connectivity index (χ4v) is 2.73. The second-order valence-corrected chi connectivity index (χ2v) is 5.48. The van der Waals surface area contributed by atoms with Crippen LogP contribution in [0.1, 0.15) is 31.0 Å². The van der Waals surface area contributed by atoms with Crippen LogP contribution in [0.3, 0.4) is 0 Å². The summed E-state index contributed by atoms with van der Waals surface area (Å²) in [6, 6.07) is 9.38. The molecule has 3 rings (SSSR count). The van der Waals surface area contributed by atoms with Crippen LogP contribution in [0.15, 0.2) is 30.3 Å². The molecule has 6 nitrogen and oxygen atoms in total. The van der Waals surface area contributed by atoms with Crippen molar-refractivity contribution in [1.29, 1.82) is 0 Å². The fraction of sp³-hybridized carbons (Fsp3) is 0.333. The first kappa shape index (κ1) is 16.1. The van der Waals surface area contributed by atoms with Crippen LogP contribution in [-0.4, -0.2) is 34.9 Å². The Hall–Kier alpha value is -2.76. The number of carbonyl (C=O) groups excluding carboxylic acids is 2.